The topological polar surface area (TPSA) is 28.2 Å². The molecule has 1 N–H and O–H groups in total. The summed E-state index contributed by atoms with van der Waals surface area (Å²) >= 11 is 0. The average molecular weight is 313 g/mol. The summed E-state index contributed by atoms with van der Waals surface area (Å²) in [5.74, 6) is 0.502. The summed E-state index contributed by atoms with van der Waals surface area (Å²) in [5, 5.41) is 3.41. The van der Waals surface area contributed by atoms with E-state index in [4.69, 9.17) is 0 Å². The number of halogens is 1. The number of nitrogens with one attached hydrogen (secondary N) is 1. The van der Waals surface area contributed by atoms with Gasteiger partial charge in [0, 0.05) is 12.7 Å². The summed E-state index contributed by atoms with van der Waals surface area (Å²) in [6, 6.07) is 12.9. The lowest BCUT2D eigenvalue weighted by molar-refractivity contribution is 0.205. The Morgan fingerprint density at radius 2 is 1.91 bits per heavy atom. The highest BCUT2D eigenvalue weighted by molar-refractivity contribution is 5.28. The number of benzene rings is 1. The van der Waals surface area contributed by atoms with Crippen LogP contribution >= 0.6 is 0 Å². The van der Waals surface area contributed by atoms with E-state index in [-0.39, 0.29) is 11.9 Å². The first-order valence-electron chi connectivity index (χ1n) is 8.31. The molecular formula is C19H24FN3. The molecule has 0 aliphatic carbocycles. The molecule has 3 rings (SSSR count). The normalized spacial score (nSPS) is 17.3. The van der Waals surface area contributed by atoms with Crippen molar-refractivity contribution in [3.8, 4) is 0 Å². The minimum atomic E-state index is -0.200. The summed E-state index contributed by atoms with van der Waals surface area (Å²) in [7, 11) is 2.14. The molecule has 0 radical (unpaired) electrons. The lowest BCUT2D eigenvalue weighted by Crippen LogP contribution is -2.36. The molecule has 0 saturated carbocycles. The standard InChI is InChI=1S/C19H24FN3/c1-23(14-15-9-12-21-13-10-15)19(18-4-2-3-11-22-18)16-5-7-17(20)8-6-16/h2-8,11,15,19,21H,9-10,12-14H2,1H3. The summed E-state index contributed by atoms with van der Waals surface area (Å²) in [5.41, 5.74) is 2.09. The van der Waals surface area contributed by atoms with Gasteiger partial charge < -0.3 is 5.32 Å². The van der Waals surface area contributed by atoms with Gasteiger partial charge in [-0.3, -0.25) is 9.88 Å². The first kappa shape index (κ1) is 16.1. The Balaban J connectivity index is 1.83. The van der Waals surface area contributed by atoms with Gasteiger partial charge in [0.05, 0.1) is 11.7 Å². The molecule has 4 heteroatoms. The molecule has 2 heterocycles. The SMILES string of the molecule is CN(CC1CCNCC1)C(c1ccc(F)cc1)c1ccccn1. The number of hydrogen-bond donors (Lipinski definition) is 1. The van der Waals surface area contributed by atoms with Gasteiger partial charge in [0.2, 0.25) is 0 Å². The second-order valence-electron chi connectivity index (χ2n) is 6.34. The van der Waals surface area contributed by atoms with Crippen molar-refractivity contribution in [3.63, 3.8) is 0 Å². The van der Waals surface area contributed by atoms with Crippen LogP contribution in [0.2, 0.25) is 0 Å². The Bertz CT molecular complexity index is 594. The maximum Gasteiger partial charge on any atom is 0.123 e. The third kappa shape index (κ3) is 4.15. The third-order valence-electron chi connectivity index (χ3n) is 4.60. The van der Waals surface area contributed by atoms with E-state index in [9.17, 15) is 4.39 Å². The maximum atomic E-state index is 13.3. The van der Waals surface area contributed by atoms with Gasteiger partial charge in [-0.05, 0) is 68.7 Å². The summed E-state index contributed by atoms with van der Waals surface area (Å²) in [6.45, 7) is 3.23. The number of hydrogen-bond acceptors (Lipinski definition) is 3. The molecule has 0 bridgehead atoms. The molecule has 1 aliphatic heterocycles. The van der Waals surface area contributed by atoms with E-state index >= 15 is 0 Å². The summed E-state index contributed by atoms with van der Waals surface area (Å²) < 4.78 is 13.3. The van der Waals surface area contributed by atoms with Crippen molar-refractivity contribution in [2.75, 3.05) is 26.7 Å². The minimum Gasteiger partial charge on any atom is -0.317 e. The highest BCUT2D eigenvalue weighted by Crippen LogP contribution is 2.28. The van der Waals surface area contributed by atoms with Gasteiger partial charge in [0.15, 0.2) is 0 Å². The molecule has 2 aromatic rings. The molecule has 1 aliphatic rings. The van der Waals surface area contributed by atoms with Crippen molar-refractivity contribution in [1.29, 1.82) is 0 Å². The second kappa shape index (κ2) is 7.66. The van der Waals surface area contributed by atoms with Gasteiger partial charge in [-0.1, -0.05) is 18.2 Å². The second-order valence-corrected chi connectivity index (χ2v) is 6.34. The van der Waals surface area contributed by atoms with Crippen LogP contribution in [0.4, 0.5) is 4.39 Å². The molecular weight excluding hydrogens is 289 g/mol. The molecule has 0 spiro atoms. The smallest absolute Gasteiger partial charge is 0.123 e. The van der Waals surface area contributed by atoms with Crippen LogP contribution in [0.15, 0.2) is 48.7 Å². The molecule has 1 unspecified atom stereocenters. The first-order chi connectivity index (χ1) is 11.2. The van der Waals surface area contributed by atoms with Gasteiger partial charge in [-0.15, -0.1) is 0 Å². The van der Waals surface area contributed by atoms with Crippen LogP contribution in [-0.4, -0.2) is 36.6 Å². The Morgan fingerprint density at radius 1 is 1.17 bits per heavy atom. The fraction of sp³-hybridized carbons (Fsp3) is 0.421. The van der Waals surface area contributed by atoms with Crippen LogP contribution in [0.3, 0.4) is 0 Å². The fourth-order valence-electron chi connectivity index (χ4n) is 3.41. The number of piperidine rings is 1. The van der Waals surface area contributed by atoms with Crippen LogP contribution in [-0.2, 0) is 0 Å². The summed E-state index contributed by atoms with van der Waals surface area (Å²) in [6.07, 6.45) is 4.25. The van der Waals surface area contributed by atoms with Crippen LogP contribution in [0.25, 0.3) is 0 Å². The van der Waals surface area contributed by atoms with Crippen molar-refractivity contribution >= 4 is 0 Å². The molecule has 1 saturated heterocycles. The van der Waals surface area contributed by atoms with E-state index in [1.807, 2.05) is 36.5 Å². The van der Waals surface area contributed by atoms with Gasteiger partial charge in [0.1, 0.15) is 5.82 Å². The van der Waals surface area contributed by atoms with Gasteiger partial charge in [-0.25, -0.2) is 4.39 Å². The zero-order valence-corrected chi connectivity index (χ0v) is 13.6. The lowest BCUT2D eigenvalue weighted by Gasteiger charge is -2.33. The van der Waals surface area contributed by atoms with Crippen LogP contribution in [0.5, 0.6) is 0 Å². The lowest BCUT2D eigenvalue weighted by atomic mass is 9.95. The monoisotopic (exact) mass is 313 g/mol. The zero-order valence-electron chi connectivity index (χ0n) is 13.6. The van der Waals surface area contributed by atoms with E-state index in [1.54, 1.807) is 0 Å². The molecule has 1 atom stereocenters. The Labute approximate surface area is 137 Å². The molecule has 3 nitrogen and oxygen atoms in total. The van der Waals surface area contributed by atoms with E-state index in [2.05, 4.69) is 22.2 Å². The van der Waals surface area contributed by atoms with Gasteiger partial charge in [0.25, 0.3) is 0 Å². The number of aromatic nitrogens is 1. The zero-order chi connectivity index (χ0) is 16.1. The maximum absolute atomic E-state index is 13.3. The van der Waals surface area contributed by atoms with Crippen LogP contribution in [0, 0.1) is 11.7 Å². The average Bonchev–Trinajstić information content (AvgIpc) is 2.59. The molecule has 1 fully saturated rings. The quantitative estimate of drug-likeness (QED) is 0.918. The largest absolute Gasteiger partial charge is 0.317 e. The van der Waals surface area contributed by atoms with Gasteiger partial charge >= 0.3 is 0 Å². The molecule has 1 aromatic heterocycles. The highest BCUT2D eigenvalue weighted by Gasteiger charge is 2.24. The van der Waals surface area contributed by atoms with E-state index in [1.165, 1.54) is 25.0 Å². The minimum absolute atomic E-state index is 0.0617. The number of nitrogens with zero attached hydrogens (tertiary/aromatic N) is 2. The predicted octanol–water partition coefficient (Wildman–Crippen LogP) is 3.24. The van der Waals surface area contributed by atoms with Crippen LogP contribution < -0.4 is 5.32 Å². The molecule has 122 valence electrons. The van der Waals surface area contributed by atoms with E-state index in [0.29, 0.717) is 5.92 Å². The Morgan fingerprint density at radius 3 is 2.57 bits per heavy atom. The number of rotatable bonds is 5. The Kier molecular flexibility index (Phi) is 5.36. The van der Waals surface area contributed by atoms with E-state index in [0.717, 1.165) is 30.9 Å². The van der Waals surface area contributed by atoms with Crippen molar-refractivity contribution in [1.82, 2.24) is 15.2 Å². The van der Waals surface area contributed by atoms with Gasteiger partial charge in [-0.2, -0.15) is 0 Å². The molecule has 1 aromatic carbocycles. The van der Waals surface area contributed by atoms with Crippen molar-refractivity contribution < 1.29 is 4.39 Å². The van der Waals surface area contributed by atoms with Crippen LogP contribution in [0.1, 0.15) is 30.1 Å². The predicted molar refractivity (Wildman–Crippen MR) is 90.7 cm³/mol. The first-order valence-corrected chi connectivity index (χ1v) is 8.31. The molecule has 0 amide bonds. The fourth-order valence-corrected chi connectivity index (χ4v) is 3.41. The number of pyridine rings is 1. The molecule has 23 heavy (non-hydrogen) atoms. The van der Waals surface area contributed by atoms with Crippen molar-refractivity contribution in [3.05, 3.63) is 65.7 Å². The van der Waals surface area contributed by atoms with Crippen molar-refractivity contribution in [2.24, 2.45) is 5.92 Å². The van der Waals surface area contributed by atoms with E-state index < -0.39 is 0 Å². The van der Waals surface area contributed by atoms with Crippen molar-refractivity contribution in [2.45, 2.75) is 18.9 Å². The Hall–Kier alpha value is -1.78. The third-order valence-corrected chi connectivity index (χ3v) is 4.60. The highest BCUT2D eigenvalue weighted by atomic mass is 19.1. The summed E-state index contributed by atoms with van der Waals surface area (Å²) in [4.78, 5) is 6.90.